The van der Waals surface area contributed by atoms with Crippen LogP contribution in [-0.4, -0.2) is 96.7 Å². The van der Waals surface area contributed by atoms with E-state index in [2.05, 4.69) is 83.2 Å². The maximum Gasteiger partial charge on any atom is 0.472 e. The van der Waals surface area contributed by atoms with E-state index in [-0.39, 0.29) is 25.7 Å². The van der Waals surface area contributed by atoms with Gasteiger partial charge in [0.05, 0.1) is 26.4 Å². The molecule has 3 N–H and O–H groups in total. The Morgan fingerprint density at radius 3 is 0.863 bits per heavy atom. The maximum atomic E-state index is 13.1. The molecule has 0 bridgehead atoms. The SMILES string of the molecule is CCCCCC/C=C\C=C/CCCCCCCC(=O)OC[C@H](COP(=O)(O)OC[C@@H](O)COP(=O)(O)OC[C@@H](COC(=O)CCCCCCCCCCC)OC(=O)CCCCCCC/C=C\C=C/CCCCCC)OC(=O)CCCCCCCCCCCCCCCC(C)C. The van der Waals surface area contributed by atoms with Gasteiger partial charge in [-0.2, -0.15) is 0 Å². The molecule has 0 amide bonds. The smallest absolute Gasteiger partial charge is 0.462 e. The number of hydrogen-bond acceptors (Lipinski definition) is 15. The molecule has 0 aliphatic heterocycles. The van der Waals surface area contributed by atoms with Crippen LogP contribution in [0.5, 0.6) is 0 Å². The first-order chi connectivity index (χ1) is 46.0. The van der Waals surface area contributed by atoms with Gasteiger partial charge in [-0.15, -0.1) is 0 Å². The minimum absolute atomic E-state index is 0.0828. The first-order valence-corrected chi connectivity index (χ1v) is 41.3. The Morgan fingerprint density at radius 1 is 0.326 bits per heavy atom. The monoisotopic (exact) mass is 1390 g/mol. The van der Waals surface area contributed by atoms with Gasteiger partial charge in [0.25, 0.3) is 0 Å². The van der Waals surface area contributed by atoms with Crippen molar-refractivity contribution in [3.8, 4) is 0 Å². The fourth-order valence-corrected chi connectivity index (χ4v) is 12.2. The van der Waals surface area contributed by atoms with Crippen LogP contribution in [0.1, 0.15) is 349 Å². The van der Waals surface area contributed by atoms with E-state index in [1.165, 1.54) is 135 Å². The second kappa shape index (κ2) is 68.2. The summed E-state index contributed by atoms with van der Waals surface area (Å²) >= 11 is 0. The number of hydrogen-bond donors (Lipinski definition) is 3. The van der Waals surface area contributed by atoms with Crippen LogP contribution in [0.4, 0.5) is 0 Å². The van der Waals surface area contributed by atoms with Gasteiger partial charge >= 0.3 is 39.5 Å². The third kappa shape index (κ3) is 69.3. The summed E-state index contributed by atoms with van der Waals surface area (Å²) in [5, 5.41) is 10.6. The lowest BCUT2D eigenvalue weighted by molar-refractivity contribution is -0.161. The van der Waals surface area contributed by atoms with Crippen molar-refractivity contribution in [2.24, 2.45) is 5.92 Å². The van der Waals surface area contributed by atoms with E-state index in [0.717, 1.165) is 134 Å². The van der Waals surface area contributed by atoms with Crippen molar-refractivity contribution in [2.75, 3.05) is 39.6 Å². The Hall–Kier alpha value is -2.98. The van der Waals surface area contributed by atoms with E-state index in [1.807, 2.05) is 0 Å². The number of carbonyl (C=O) groups excluding carboxylic acids is 4. The van der Waals surface area contributed by atoms with Crippen molar-refractivity contribution in [3.63, 3.8) is 0 Å². The lowest BCUT2D eigenvalue weighted by Crippen LogP contribution is -2.30. The number of carbonyl (C=O) groups is 4. The number of phosphoric acid groups is 2. The normalized spacial score (nSPS) is 14.3. The van der Waals surface area contributed by atoms with E-state index in [4.69, 9.17) is 37.0 Å². The predicted octanol–water partition coefficient (Wildman–Crippen LogP) is 21.6. The molecule has 0 aromatic carbocycles. The first-order valence-electron chi connectivity index (χ1n) is 38.3. The minimum Gasteiger partial charge on any atom is -0.462 e. The molecule has 2 unspecified atom stereocenters. The highest BCUT2D eigenvalue weighted by atomic mass is 31.2. The largest absolute Gasteiger partial charge is 0.472 e. The van der Waals surface area contributed by atoms with Crippen LogP contribution in [0, 0.1) is 5.92 Å². The van der Waals surface area contributed by atoms with Crippen LogP contribution in [0.25, 0.3) is 0 Å². The number of esters is 4. The maximum absolute atomic E-state index is 13.1. The van der Waals surface area contributed by atoms with E-state index in [0.29, 0.717) is 25.7 Å². The van der Waals surface area contributed by atoms with E-state index in [1.54, 1.807) is 0 Å². The Labute approximate surface area is 578 Å². The van der Waals surface area contributed by atoms with Gasteiger partial charge in [-0.3, -0.25) is 37.3 Å². The van der Waals surface area contributed by atoms with Gasteiger partial charge in [-0.05, 0) is 83.0 Å². The van der Waals surface area contributed by atoms with Gasteiger partial charge in [-0.25, -0.2) is 9.13 Å². The Balaban J connectivity index is 5.30. The number of aliphatic hydroxyl groups is 1. The molecule has 95 heavy (non-hydrogen) atoms. The molecule has 0 aliphatic carbocycles. The zero-order chi connectivity index (χ0) is 69.8. The molecule has 17 nitrogen and oxygen atoms in total. The van der Waals surface area contributed by atoms with Crippen LogP contribution >= 0.6 is 15.6 Å². The van der Waals surface area contributed by atoms with E-state index in [9.17, 15) is 43.2 Å². The summed E-state index contributed by atoms with van der Waals surface area (Å²) < 4.78 is 68.4. The van der Waals surface area contributed by atoms with Crippen molar-refractivity contribution >= 4 is 39.5 Å². The molecule has 19 heteroatoms. The highest BCUT2D eigenvalue weighted by Crippen LogP contribution is 2.45. The summed E-state index contributed by atoms with van der Waals surface area (Å²) in [6.45, 7) is 7.15. The molecular formula is C76H140O17P2. The van der Waals surface area contributed by atoms with Crippen LogP contribution in [-0.2, 0) is 65.4 Å². The van der Waals surface area contributed by atoms with Crippen LogP contribution in [0.15, 0.2) is 48.6 Å². The van der Waals surface area contributed by atoms with Gasteiger partial charge < -0.3 is 33.8 Å². The number of allylic oxidation sites excluding steroid dienone is 8. The summed E-state index contributed by atoms with van der Waals surface area (Å²) in [4.78, 5) is 72.7. The zero-order valence-electron chi connectivity index (χ0n) is 60.8. The lowest BCUT2D eigenvalue weighted by atomic mass is 10.0. The summed E-state index contributed by atoms with van der Waals surface area (Å²) in [6, 6.07) is 0. The standard InChI is InChI=1S/C76H140O17P2/c1-6-9-12-15-18-21-23-25-27-31-35-40-45-50-55-60-74(79)87-66-72(93-76(81)62-57-52-47-42-37-33-29-30-34-39-43-48-53-58-69(4)5)68-91-95(84,85)89-64-70(77)63-88-94(82,83)90-67-71(65-86-73(78)59-54-49-44-38-20-17-14-11-8-3)92-75(80)61-56-51-46-41-36-32-28-26-24-22-19-16-13-10-7-2/h21-28,69-72,77H,6-20,29-68H2,1-5H3,(H,82,83)(H,84,85)/b23-21-,24-22-,27-25-,28-26-/t70-,71+,72+/m0/s1. The number of unbranched alkanes of at least 4 members (excludes halogenated alkanes) is 38. The Kier molecular flexibility index (Phi) is 66.0. The summed E-state index contributed by atoms with van der Waals surface area (Å²) in [5.74, 6) is -1.39. The molecule has 0 saturated carbocycles. The summed E-state index contributed by atoms with van der Waals surface area (Å²) in [7, 11) is -9.93. The molecule has 0 spiro atoms. The van der Waals surface area contributed by atoms with Crippen molar-refractivity contribution in [1.82, 2.24) is 0 Å². The van der Waals surface area contributed by atoms with Gasteiger partial charge in [-0.1, -0.05) is 295 Å². The lowest BCUT2D eigenvalue weighted by Gasteiger charge is -2.21. The number of aliphatic hydroxyl groups excluding tert-OH is 1. The summed E-state index contributed by atoms with van der Waals surface area (Å²) in [6.07, 6.45) is 62.6. The highest BCUT2D eigenvalue weighted by molar-refractivity contribution is 7.47. The van der Waals surface area contributed by atoms with Crippen LogP contribution < -0.4 is 0 Å². The number of rotatable bonds is 72. The third-order valence-electron chi connectivity index (χ3n) is 16.5. The second-order valence-electron chi connectivity index (χ2n) is 26.5. The molecule has 0 rings (SSSR count). The Morgan fingerprint density at radius 2 is 0.568 bits per heavy atom. The van der Waals surface area contributed by atoms with Gasteiger partial charge in [0, 0.05) is 25.7 Å². The van der Waals surface area contributed by atoms with Gasteiger partial charge in [0.1, 0.15) is 19.3 Å². The van der Waals surface area contributed by atoms with E-state index >= 15 is 0 Å². The molecule has 556 valence electrons. The van der Waals surface area contributed by atoms with Gasteiger partial charge in [0.2, 0.25) is 0 Å². The van der Waals surface area contributed by atoms with Crippen molar-refractivity contribution in [2.45, 2.75) is 368 Å². The fraction of sp³-hybridized carbons (Fsp3) is 0.842. The molecule has 5 atom stereocenters. The van der Waals surface area contributed by atoms with Crippen molar-refractivity contribution in [1.29, 1.82) is 0 Å². The molecule has 0 fully saturated rings. The molecule has 0 aromatic rings. The topological polar surface area (TPSA) is 237 Å². The molecule has 0 aliphatic rings. The fourth-order valence-electron chi connectivity index (χ4n) is 10.6. The molecule has 0 saturated heterocycles. The third-order valence-corrected chi connectivity index (χ3v) is 18.4. The zero-order valence-corrected chi connectivity index (χ0v) is 62.6. The number of phosphoric ester groups is 2. The summed E-state index contributed by atoms with van der Waals surface area (Å²) in [5.41, 5.74) is 0. The molecule has 0 radical (unpaired) electrons. The molecule has 0 heterocycles. The first kappa shape index (κ1) is 92.0. The minimum atomic E-state index is -4.97. The van der Waals surface area contributed by atoms with Crippen molar-refractivity contribution < 1.29 is 80.2 Å². The molecule has 0 aromatic heterocycles. The average molecular weight is 1390 g/mol. The second-order valence-corrected chi connectivity index (χ2v) is 29.4. The Bertz CT molecular complexity index is 2010. The quantitative estimate of drug-likeness (QED) is 0.0169. The number of ether oxygens (including phenoxy) is 4. The van der Waals surface area contributed by atoms with Crippen molar-refractivity contribution in [3.05, 3.63) is 48.6 Å². The van der Waals surface area contributed by atoms with E-state index < -0.39 is 97.5 Å². The van der Waals surface area contributed by atoms with Crippen LogP contribution in [0.3, 0.4) is 0 Å². The highest BCUT2D eigenvalue weighted by Gasteiger charge is 2.30. The average Bonchev–Trinajstić information content (AvgIpc) is 2.34. The predicted molar refractivity (Wildman–Crippen MR) is 386 cm³/mol. The van der Waals surface area contributed by atoms with Gasteiger partial charge in [0.15, 0.2) is 12.2 Å². The molecular weight excluding hydrogens is 1250 g/mol. The van der Waals surface area contributed by atoms with Crippen LogP contribution in [0.2, 0.25) is 0 Å².